The molecule has 2 aromatic rings. The van der Waals surface area contributed by atoms with Crippen LogP contribution in [-0.2, 0) is 13.1 Å². The van der Waals surface area contributed by atoms with Crippen LogP contribution in [0, 0.1) is 0 Å². The normalized spacial score (nSPS) is 11.7. The van der Waals surface area contributed by atoms with Gasteiger partial charge < -0.3 is 20.8 Å². The molecule has 18 heavy (non-hydrogen) atoms. The predicted molar refractivity (Wildman–Crippen MR) is 63.8 cm³/mol. The lowest BCUT2D eigenvalue weighted by Gasteiger charge is -2.04. The van der Waals surface area contributed by atoms with Crippen molar-refractivity contribution in [3.63, 3.8) is 0 Å². The van der Waals surface area contributed by atoms with Crippen LogP contribution in [0.4, 0.5) is 0 Å². The van der Waals surface area contributed by atoms with Gasteiger partial charge in [0.1, 0.15) is 12.0 Å². The number of amidine groups is 1. The fourth-order valence-electron chi connectivity index (χ4n) is 1.44. The van der Waals surface area contributed by atoms with Crippen molar-refractivity contribution in [1.29, 1.82) is 0 Å². The van der Waals surface area contributed by atoms with Gasteiger partial charge in [-0.2, -0.15) is 0 Å². The number of pyridine rings is 1. The van der Waals surface area contributed by atoms with Crippen LogP contribution in [0.1, 0.15) is 17.0 Å². The zero-order valence-electron chi connectivity index (χ0n) is 9.58. The SMILES string of the molecule is N/C(=N/O)c1cc(CNCc2ccon2)ccn1. The maximum Gasteiger partial charge on any atom is 0.188 e. The molecule has 7 nitrogen and oxygen atoms in total. The van der Waals surface area contributed by atoms with E-state index in [-0.39, 0.29) is 5.84 Å². The van der Waals surface area contributed by atoms with Gasteiger partial charge in [-0.1, -0.05) is 10.3 Å². The van der Waals surface area contributed by atoms with Crippen LogP contribution >= 0.6 is 0 Å². The van der Waals surface area contributed by atoms with Gasteiger partial charge in [0, 0.05) is 25.4 Å². The molecule has 0 amide bonds. The highest BCUT2D eigenvalue weighted by molar-refractivity contribution is 5.95. The van der Waals surface area contributed by atoms with Crippen LogP contribution in [0.25, 0.3) is 0 Å². The number of hydrogen-bond donors (Lipinski definition) is 3. The van der Waals surface area contributed by atoms with Crippen molar-refractivity contribution in [1.82, 2.24) is 15.5 Å². The summed E-state index contributed by atoms with van der Waals surface area (Å²) in [4.78, 5) is 4.00. The van der Waals surface area contributed by atoms with Crippen LogP contribution in [0.5, 0.6) is 0 Å². The number of rotatable bonds is 5. The summed E-state index contributed by atoms with van der Waals surface area (Å²) in [7, 11) is 0. The number of aromatic nitrogens is 2. The quantitative estimate of drug-likeness (QED) is 0.306. The molecule has 0 spiro atoms. The van der Waals surface area contributed by atoms with Crippen LogP contribution in [-0.4, -0.2) is 21.2 Å². The third-order valence-electron chi connectivity index (χ3n) is 2.32. The van der Waals surface area contributed by atoms with E-state index in [1.807, 2.05) is 6.07 Å². The van der Waals surface area contributed by atoms with Crippen molar-refractivity contribution < 1.29 is 9.73 Å². The highest BCUT2D eigenvalue weighted by atomic mass is 16.5. The van der Waals surface area contributed by atoms with Gasteiger partial charge >= 0.3 is 0 Å². The molecule has 0 saturated carbocycles. The van der Waals surface area contributed by atoms with Gasteiger partial charge in [0.25, 0.3) is 0 Å². The Hall–Kier alpha value is -2.41. The number of nitrogens with zero attached hydrogens (tertiary/aromatic N) is 3. The monoisotopic (exact) mass is 247 g/mol. The second-order valence-electron chi connectivity index (χ2n) is 3.63. The Labute approximate surface area is 103 Å². The summed E-state index contributed by atoms with van der Waals surface area (Å²) in [6.45, 7) is 1.23. The molecule has 4 N–H and O–H groups in total. The second-order valence-corrected chi connectivity index (χ2v) is 3.63. The molecule has 7 heteroatoms. The zero-order chi connectivity index (χ0) is 12.8. The average Bonchev–Trinajstić information content (AvgIpc) is 2.91. The summed E-state index contributed by atoms with van der Waals surface area (Å²) in [5.41, 5.74) is 7.72. The summed E-state index contributed by atoms with van der Waals surface area (Å²) in [6.07, 6.45) is 3.14. The Kier molecular flexibility index (Phi) is 3.87. The number of hydrogen-bond acceptors (Lipinski definition) is 6. The molecule has 0 saturated heterocycles. The molecule has 0 radical (unpaired) electrons. The minimum Gasteiger partial charge on any atom is -0.409 e. The summed E-state index contributed by atoms with van der Waals surface area (Å²) in [6, 6.07) is 5.40. The number of nitrogens with one attached hydrogen (secondary N) is 1. The number of nitrogens with two attached hydrogens (primary N) is 1. The Morgan fingerprint density at radius 2 is 2.33 bits per heavy atom. The summed E-state index contributed by atoms with van der Waals surface area (Å²) in [5, 5.41) is 18.5. The molecule has 2 aromatic heterocycles. The highest BCUT2D eigenvalue weighted by Gasteiger charge is 2.02. The lowest BCUT2D eigenvalue weighted by molar-refractivity contribution is 0.318. The van der Waals surface area contributed by atoms with E-state index in [9.17, 15) is 0 Å². The van der Waals surface area contributed by atoms with Crippen LogP contribution in [0.3, 0.4) is 0 Å². The maximum atomic E-state index is 8.57. The topological polar surface area (TPSA) is 110 Å². The zero-order valence-corrected chi connectivity index (χ0v) is 9.58. The molecule has 0 aliphatic rings. The van der Waals surface area contributed by atoms with Gasteiger partial charge in [-0.25, -0.2) is 0 Å². The standard InChI is InChI=1S/C11H13N5O2/c12-11(15-17)10-5-8(1-3-14-10)6-13-7-9-2-4-18-16-9/h1-5,13,17H,6-7H2,(H2,12,15). The molecular formula is C11H13N5O2. The summed E-state index contributed by atoms with van der Waals surface area (Å²) < 4.78 is 4.72. The smallest absolute Gasteiger partial charge is 0.188 e. The molecular weight excluding hydrogens is 234 g/mol. The van der Waals surface area contributed by atoms with E-state index in [0.717, 1.165) is 11.3 Å². The average molecular weight is 247 g/mol. The second kappa shape index (κ2) is 5.78. The first-order valence-corrected chi connectivity index (χ1v) is 5.32. The molecule has 0 aromatic carbocycles. The third kappa shape index (κ3) is 3.05. The minimum absolute atomic E-state index is 0.00616. The fraction of sp³-hybridized carbons (Fsp3) is 0.182. The Balaban J connectivity index is 1.93. The first kappa shape index (κ1) is 12.1. The lowest BCUT2D eigenvalue weighted by atomic mass is 10.2. The molecule has 0 unspecified atom stereocenters. The minimum atomic E-state index is -0.00616. The molecule has 2 heterocycles. The molecule has 0 fully saturated rings. The first-order valence-electron chi connectivity index (χ1n) is 5.32. The van der Waals surface area contributed by atoms with Crippen LogP contribution < -0.4 is 11.1 Å². The van der Waals surface area contributed by atoms with E-state index in [2.05, 4.69) is 20.6 Å². The highest BCUT2D eigenvalue weighted by Crippen LogP contribution is 2.02. The summed E-state index contributed by atoms with van der Waals surface area (Å²) in [5.74, 6) is -0.00616. The Morgan fingerprint density at radius 1 is 1.44 bits per heavy atom. The van der Waals surface area contributed by atoms with E-state index in [0.29, 0.717) is 18.8 Å². The van der Waals surface area contributed by atoms with Crippen molar-refractivity contribution in [3.05, 3.63) is 47.6 Å². The van der Waals surface area contributed by atoms with Gasteiger partial charge in [-0.15, -0.1) is 0 Å². The molecule has 0 atom stereocenters. The van der Waals surface area contributed by atoms with E-state index in [1.165, 1.54) is 6.26 Å². The fourth-order valence-corrected chi connectivity index (χ4v) is 1.44. The van der Waals surface area contributed by atoms with Gasteiger partial charge in [0.05, 0.1) is 5.69 Å². The van der Waals surface area contributed by atoms with Gasteiger partial charge in [0.2, 0.25) is 0 Å². The Morgan fingerprint density at radius 3 is 3.06 bits per heavy atom. The largest absolute Gasteiger partial charge is 0.409 e. The van der Waals surface area contributed by atoms with Crippen molar-refractivity contribution >= 4 is 5.84 Å². The van der Waals surface area contributed by atoms with Crippen molar-refractivity contribution in [2.75, 3.05) is 0 Å². The molecule has 0 bridgehead atoms. The van der Waals surface area contributed by atoms with Gasteiger partial charge in [0.15, 0.2) is 5.84 Å². The third-order valence-corrected chi connectivity index (χ3v) is 2.32. The van der Waals surface area contributed by atoms with Crippen molar-refractivity contribution in [2.45, 2.75) is 13.1 Å². The summed E-state index contributed by atoms with van der Waals surface area (Å²) >= 11 is 0. The molecule has 94 valence electrons. The first-order chi connectivity index (χ1) is 8.79. The van der Waals surface area contributed by atoms with E-state index in [1.54, 1.807) is 18.3 Å². The van der Waals surface area contributed by atoms with E-state index >= 15 is 0 Å². The molecule has 2 rings (SSSR count). The van der Waals surface area contributed by atoms with Gasteiger partial charge in [-0.3, -0.25) is 4.98 Å². The lowest BCUT2D eigenvalue weighted by Crippen LogP contribution is -2.17. The van der Waals surface area contributed by atoms with Crippen molar-refractivity contribution in [3.8, 4) is 0 Å². The molecule has 0 aliphatic heterocycles. The number of oxime groups is 1. The van der Waals surface area contributed by atoms with E-state index in [4.69, 9.17) is 15.5 Å². The van der Waals surface area contributed by atoms with Crippen LogP contribution in [0.2, 0.25) is 0 Å². The van der Waals surface area contributed by atoms with Crippen molar-refractivity contribution in [2.24, 2.45) is 10.9 Å². The Bertz CT molecular complexity index is 524. The van der Waals surface area contributed by atoms with Gasteiger partial charge in [-0.05, 0) is 17.7 Å². The molecule has 0 aliphatic carbocycles. The predicted octanol–water partition coefficient (Wildman–Crippen LogP) is 0.454. The maximum absolute atomic E-state index is 8.57. The van der Waals surface area contributed by atoms with E-state index < -0.39 is 0 Å². The van der Waals surface area contributed by atoms with Crippen LogP contribution in [0.15, 0.2) is 40.3 Å².